The van der Waals surface area contributed by atoms with E-state index in [4.69, 9.17) is 27.8 Å². The summed E-state index contributed by atoms with van der Waals surface area (Å²) < 4.78 is 5.50. The number of nitrogens with two attached hydrogens (primary N) is 2. The number of carbonyl (C=O) groups excluding carboxylic acids is 1. The van der Waals surface area contributed by atoms with Crippen molar-refractivity contribution in [3.05, 3.63) is 58.6 Å². The van der Waals surface area contributed by atoms with Gasteiger partial charge in [-0.1, -0.05) is 23.7 Å². The summed E-state index contributed by atoms with van der Waals surface area (Å²) in [6.45, 7) is 0. The highest BCUT2D eigenvalue weighted by Crippen LogP contribution is 2.37. The van der Waals surface area contributed by atoms with Crippen LogP contribution in [0, 0.1) is 0 Å². The van der Waals surface area contributed by atoms with E-state index in [1.165, 1.54) is 0 Å². The lowest BCUT2D eigenvalue weighted by Gasteiger charge is -2.25. The number of rotatable bonds is 3. The molecule has 0 bridgehead atoms. The van der Waals surface area contributed by atoms with Crippen LogP contribution in [0.3, 0.4) is 0 Å². The normalized spacial score (nSPS) is 15.5. The number of benzene rings is 2. The number of carbonyl (C=O) groups is 1. The second-order valence-corrected chi connectivity index (χ2v) is 6.14. The summed E-state index contributed by atoms with van der Waals surface area (Å²) in [5.74, 6) is -0.107. The van der Waals surface area contributed by atoms with Gasteiger partial charge in [0.05, 0.1) is 11.6 Å². The number of aliphatic imine (C=N–C) groups is 1. The van der Waals surface area contributed by atoms with Gasteiger partial charge in [-0.15, -0.1) is 12.4 Å². The number of esters is 1. The largest absolute Gasteiger partial charge is 0.426 e. The van der Waals surface area contributed by atoms with Gasteiger partial charge < -0.3 is 16.2 Å². The number of ether oxygens (including phenoxy) is 1. The van der Waals surface area contributed by atoms with Crippen molar-refractivity contribution in [2.24, 2.45) is 16.5 Å². The summed E-state index contributed by atoms with van der Waals surface area (Å²) in [6.07, 6.45) is 2.46. The van der Waals surface area contributed by atoms with Gasteiger partial charge in [-0.3, -0.25) is 4.79 Å². The molecule has 132 valence electrons. The first-order valence-corrected chi connectivity index (χ1v) is 8.11. The first-order valence-electron chi connectivity index (χ1n) is 7.73. The van der Waals surface area contributed by atoms with Crippen LogP contribution in [0.15, 0.2) is 47.5 Å². The Balaban J connectivity index is 0.00000225. The average molecular weight is 380 g/mol. The number of fused-ring (bicyclic) bond motifs is 1. The molecule has 0 aliphatic heterocycles. The lowest BCUT2D eigenvalue weighted by Crippen LogP contribution is -2.24. The summed E-state index contributed by atoms with van der Waals surface area (Å²) in [6, 6.07) is 12.4. The minimum absolute atomic E-state index is 0. The van der Waals surface area contributed by atoms with Crippen molar-refractivity contribution in [3.63, 3.8) is 0 Å². The summed E-state index contributed by atoms with van der Waals surface area (Å²) in [7, 11) is 0. The minimum atomic E-state index is -0.321. The van der Waals surface area contributed by atoms with E-state index in [-0.39, 0.29) is 30.3 Å². The van der Waals surface area contributed by atoms with E-state index in [1.54, 1.807) is 24.3 Å². The molecule has 1 unspecified atom stereocenters. The van der Waals surface area contributed by atoms with Gasteiger partial charge >= 0.3 is 5.97 Å². The van der Waals surface area contributed by atoms with Crippen LogP contribution in [0.1, 0.15) is 29.9 Å². The average Bonchev–Trinajstić information content (AvgIpc) is 2.56. The van der Waals surface area contributed by atoms with Crippen LogP contribution < -0.4 is 16.2 Å². The summed E-state index contributed by atoms with van der Waals surface area (Å²) in [5, 5.41) is 0.597. The Kier molecular flexibility index (Phi) is 6.28. The predicted molar refractivity (Wildman–Crippen MR) is 102 cm³/mol. The van der Waals surface area contributed by atoms with Crippen molar-refractivity contribution in [2.75, 3.05) is 0 Å². The third-order valence-electron chi connectivity index (χ3n) is 4.05. The monoisotopic (exact) mass is 379 g/mol. The Morgan fingerprint density at radius 2 is 1.88 bits per heavy atom. The molecule has 0 radical (unpaired) electrons. The molecule has 5 nitrogen and oxygen atoms in total. The van der Waals surface area contributed by atoms with Crippen LogP contribution in [0.4, 0.5) is 5.69 Å². The van der Waals surface area contributed by atoms with Crippen LogP contribution in [0.5, 0.6) is 5.75 Å². The predicted octanol–water partition coefficient (Wildman–Crippen LogP) is 3.69. The van der Waals surface area contributed by atoms with Gasteiger partial charge in [-0.2, -0.15) is 0 Å². The Morgan fingerprint density at radius 1 is 1.16 bits per heavy atom. The number of nitrogens with zero attached hydrogens (tertiary/aromatic N) is 1. The van der Waals surface area contributed by atoms with Crippen molar-refractivity contribution in [2.45, 2.75) is 25.2 Å². The molecular weight excluding hydrogens is 361 g/mol. The van der Waals surface area contributed by atoms with Gasteiger partial charge in [0.15, 0.2) is 5.96 Å². The number of hydrogen-bond donors (Lipinski definition) is 2. The molecule has 0 aromatic heterocycles. The van der Waals surface area contributed by atoms with Crippen LogP contribution in [-0.4, -0.2) is 11.9 Å². The van der Waals surface area contributed by atoms with Crippen LogP contribution >= 0.6 is 24.0 Å². The first-order chi connectivity index (χ1) is 11.5. The molecule has 0 saturated carbocycles. The molecule has 3 rings (SSSR count). The van der Waals surface area contributed by atoms with Gasteiger partial charge in [0.1, 0.15) is 5.75 Å². The van der Waals surface area contributed by atoms with Crippen molar-refractivity contribution in [3.8, 4) is 5.75 Å². The van der Waals surface area contributed by atoms with Gasteiger partial charge in [0.25, 0.3) is 0 Å². The zero-order chi connectivity index (χ0) is 17.1. The molecule has 0 spiro atoms. The fourth-order valence-corrected chi connectivity index (χ4v) is 3.13. The topological polar surface area (TPSA) is 90.7 Å². The first kappa shape index (κ1) is 19.1. The maximum Gasteiger partial charge on any atom is 0.318 e. The molecule has 1 atom stereocenters. The van der Waals surface area contributed by atoms with Gasteiger partial charge in [-0.25, -0.2) is 4.99 Å². The van der Waals surface area contributed by atoms with Crippen molar-refractivity contribution < 1.29 is 9.53 Å². The molecule has 25 heavy (non-hydrogen) atoms. The minimum Gasteiger partial charge on any atom is -0.426 e. The molecule has 0 heterocycles. The highest BCUT2D eigenvalue weighted by atomic mass is 35.5. The molecule has 1 aliphatic carbocycles. The van der Waals surface area contributed by atoms with E-state index in [2.05, 4.69) is 4.99 Å². The molecule has 7 heteroatoms. The fourth-order valence-electron chi connectivity index (χ4n) is 3.01. The lowest BCUT2D eigenvalue weighted by molar-refractivity contribution is -0.136. The highest BCUT2D eigenvalue weighted by molar-refractivity contribution is 6.30. The third kappa shape index (κ3) is 4.44. The van der Waals surface area contributed by atoms with E-state index in [1.807, 2.05) is 18.2 Å². The van der Waals surface area contributed by atoms with Crippen molar-refractivity contribution in [1.29, 1.82) is 0 Å². The van der Waals surface area contributed by atoms with Crippen molar-refractivity contribution >= 4 is 41.6 Å². The van der Waals surface area contributed by atoms with E-state index < -0.39 is 0 Å². The summed E-state index contributed by atoms with van der Waals surface area (Å²) in [4.78, 5) is 16.8. The molecule has 0 fully saturated rings. The molecular formula is C18H19Cl2N3O2. The standard InChI is InChI=1S/C18H18ClN3O2.ClH/c19-11-7-9-12(10-8-11)24-17(23)15-5-1-4-14-13(15)3-2-6-16(14)22-18(20)21;/h2-3,6-10,15H,1,4-5H2,(H4,20,21,22);1H. The van der Waals surface area contributed by atoms with E-state index >= 15 is 0 Å². The Labute approximate surface area is 157 Å². The second kappa shape index (κ2) is 8.23. The molecule has 4 N–H and O–H groups in total. The molecule has 0 saturated heterocycles. The fraction of sp³-hybridized carbons (Fsp3) is 0.222. The molecule has 2 aromatic rings. The zero-order valence-corrected chi connectivity index (χ0v) is 15.0. The summed E-state index contributed by atoms with van der Waals surface area (Å²) >= 11 is 5.85. The number of hydrogen-bond acceptors (Lipinski definition) is 3. The van der Waals surface area contributed by atoms with Gasteiger partial charge in [0.2, 0.25) is 0 Å². The Bertz CT molecular complexity index is 787. The second-order valence-electron chi connectivity index (χ2n) is 5.70. The van der Waals surface area contributed by atoms with E-state index in [0.29, 0.717) is 10.8 Å². The van der Waals surface area contributed by atoms with Crippen LogP contribution in [-0.2, 0) is 11.2 Å². The maximum absolute atomic E-state index is 12.6. The maximum atomic E-state index is 12.6. The van der Waals surface area contributed by atoms with Crippen LogP contribution in [0.25, 0.3) is 0 Å². The number of guanidine groups is 1. The number of halogens is 2. The zero-order valence-electron chi connectivity index (χ0n) is 13.4. The van der Waals surface area contributed by atoms with Crippen LogP contribution in [0.2, 0.25) is 5.02 Å². The molecule has 1 aliphatic rings. The van der Waals surface area contributed by atoms with E-state index in [9.17, 15) is 4.79 Å². The Hall–Kier alpha value is -2.24. The van der Waals surface area contributed by atoms with Crippen molar-refractivity contribution in [1.82, 2.24) is 0 Å². The summed E-state index contributed by atoms with van der Waals surface area (Å²) in [5.41, 5.74) is 13.6. The highest BCUT2D eigenvalue weighted by Gasteiger charge is 2.29. The van der Waals surface area contributed by atoms with Gasteiger partial charge in [-0.05, 0) is 60.7 Å². The smallest absolute Gasteiger partial charge is 0.318 e. The third-order valence-corrected chi connectivity index (χ3v) is 4.30. The Morgan fingerprint density at radius 3 is 2.56 bits per heavy atom. The molecule has 2 aromatic carbocycles. The van der Waals surface area contributed by atoms with E-state index in [0.717, 1.165) is 36.1 Å². The quantitative estimate of drug-likeness (QED) is 0.368. The van der Waals surface area contributed by atoms with Gasteiger partial charge in [0, 0.05) is 5.02 Å². The molecule has 0 amide bonds. The lowest BCUT2D eigenvalue weighted by atomic mass is 9.82. The SMILES string of the molecule is Cl.NC(N)=Nc1cccc2c1CCCC2C(=O)Oc1ccc(Cl)cc1.